The van der Waals surface area contributed by atoms with Crippen LogP contribution in [0.2, 0.25) is 0 Å². The lowest BCUT2D eigenvalue weighted by molar-refractivity contribution is 0.149. The summed E-state index contributed by atoms with van der Waals surface area (Å²) >= 11 is 0. The van der Waals surface area contributed by atoms with Gasteiger partial charge >= 0.3 is 0 Å². The minimum absolute atomic E-state index is 0.357. The summed E-state index contributed by atoms with van der Waals surface area (Å²) in [6.45, 7) is 6.29. The van der Waals surface area contributed by atoms with E-state index in [0.29, 0.717) is 12.5 Å². The molecular formula is C14H24N2O2. The molecule has 1 saturated heterocycles. The average Bonchev–Trinajstić information content (AvgIpc) is 2.76. The fourth-order valence-corrected chi connectivity index (χ4v) is 2.75. The summed E-state index contributed by atoms with van der Waals surface area (Å²) in [7, 11) is 0. The Hall–Kier alpha value is -0.870. The van der Waals surface area contributed by atoms with Crippen LogP contribution in [0.5, 0.6) is 0 Å². The number of aliphatic hydroxyl groups excluding tert-OH is 1. The van der Waals surface area contributed by atoms with Crippen LogP contribution in [0.1, 0.15) is 44.7 Å². The van der Waals surface area contributed by atoms with E-state index in [9.17, 15) is 5.11 Å². The van der Waals surface area contributed by atoms with Crippen molar-refractivity contribution in [3.63, 3.8) is 0 Å². The summed E-state index contributed by atoms with van der Waals surface area (Å²) in [5.74, 6) is 0.816. The van der Waals surface area contributed by atoms with Gasteiger partial charge in [0.1, 0.15) is 6.26 Å². The van der Waals surface area contributed by atoms with E-state index in [1.165, 1.54) is 25.8 Å². The Kier molecular flexibility index (Phi) is 4.78. The number of likely N-dealkylation sites (tertiary alicyclic amines) is 1. The van der Waals surface area contributed by atoms with Crippen molar-refractivity contribution in [3.8, 4) is 0 Å². The van der Waals surface area contributed by atoms with Gasteiger partial charge in [0.05, 0.1) is 11.8 Å². The Morgan fingerprint density at radius 1 is 1.56 bits per heavy atom. The summed E-state index contributed by atoms with van der Waals surface area (Å²) in [5, 5.41) is 9.33. The molecule has 0 amide bonds. The number of hydrogen-bond donors (Lipinski definition) is 1. The van der Waals surface area contributed by atoms with Crippen LogP contribution in [-0.4, -0.2) is 40.2 Å². The van der Waals surface area contributed by atoms with Gasteiger partial charge in [-0.15, -0.1) is 0 Å². The van der Waals surface area contributed by atoms with Gasteiger partial charge in [-0.05, 0) is 32.9 Å². The maximum Gasteiger partial charge on any atom is 0.195 e. The molecule has 18 heavy (non-hydrogen) atoms. The second-order valence-electron chi connectivity index (χ2n) is 5.27. The standard InChI is InChI=1S/C14H24N2O2/c1-3-16-7-5-4-6-13(16)9-14-15-12(10-18-14)8-11(2)17/h10-11,13,17H,3-9H2,1-2H3. The fourth-order valence-electron chi connectivity index (χ4n) is 2.75. The number of hydrogen-bond acceptors (Lipinski definition) is 4. The third kappa shape index (κ3) is 3.56. The second-order valence-corrected chi connectivity index (χ2v) is 5.27. The molecule has 1 fully saturated rings. The van der Waals surface area contributed by atoms with E-state index in [0.717, 1.165) is 24.6 Å². The molecule has 0 radical (unpaired) electrons. The molecule has 0 aromatic carbocycles. The number of likely N-dealkylation sites (N-methyl/N-ethyl adjacent to an activating group) is 1. The lowest BCUT2D eigenvalue weighted by Crippen LogP contribution is -2.40. The van der Waals surface area contributed by atoms with Crippen molar-refractivity contribution in [1.29, 1.82) is 0 Å². The molecule has 0 spiro atoms. The second kappa shape index (κ2) is 6.34. The Balaban J connectivity index is 1.93. The first kappa shape index (κ1) is 13.6. The molecule has 102 valence electrons. The Morgan fingerprint density at radius 2 is 2.39 bits per heavy atom. The van der Waals surface area contributed by atoms with Gasteiger partial charge < -0.3 is 14.4 Å². The molecule has 1 aliphatic rings. The van der Waals surface area contributed by atoms with Crippen LogP contribution in [-0.2, 0) is 12.8 Å². The summed E-state index contributed by atoms with van der Waals surface area (Å²) < 4.78 is 5.51. The summed E-state index contributed by atoms with van der Waals surface area (Å²) in [5.41, 5.74) is 0.860. The highest BCUT2D eigenvalue weighted by Gasteiger charge is 2.23. The molecule has 0 bridgehead atoms. The van der Waals surface area contributed by atoms with Gasteiger partial charge in [-0.1, -0.05) is 13.3 Å². The van der Waals surface area contributed by atoms with E-state index in [-0.39, 0.29) is 6.10 Å². The maximum absolute atomic E-state index is 9.33. The normalized spacial score (nSPS) is 23.2. The maximum atomic E-state index is 9.33. The van der Waals surface area contributed by atoms with Crippen LogP contribution in [0, 0.1) is 0 Å². The summed E-state index contributed by atoms with van der Waals surface area (Å²) in [4.78, 5) is 6.98. The summed E-state index contributed by atoms with van der Waals surface area (Å²) in [6, 6.07) is 0.571. The molecule has 2 heterocycles. The van der Waals surface area contributed by atoms with E-state index in [4.69, 9.17) is 4.42 Å². The van der Waals surface area contributed by atoms with Crippen molar-refractivity contribution < 1.29 is 9.52 Å². The monoisotopic (exact) mass is 252 g/mol. The zero-order chi connectivity index (χ0) is 13.0. The highest BCUT2D eigenvalue weighted by atomic mass is 16.3. The zero-order valence-corrected chi connectivity index (χ0v) is 11.4. The minimum atomic E-state index is -0.357. The van der Waals surface area contributed by atoms with Gasteiger partial charge in [0.25, 0.3) is 0 Å². The van der Waals surface area contributed by atoms with Gasteiger partial charge in [-0.2, -0.15) is 0 Å². The molecule has 1 aromatic rings. The number of piperidine rings is 1. The van der Waals surface area contributed by atoms with E-state index in [2.05, 4.69) is 16.8 Å². The third-order valence-electron chi connectivity index (χ3n) is 3.67. The van der Waals surface area contributed by atoms with Gasteiger partial charge in [-0.3, -0.25) is 0 Å². The van der Waals surface area contributed by atoms with E-state index < -0.39 is 0 Å². The largest absolute Gasteiger partial charge is 0.449 e. The lowest BCUT2D eigenvalue weighted by atomic mass is 9.99. The molecule has 1 aliphatic heterocycles. The first-order chi connectivity index (χ1) is 8.69. The number of aliphatic hydroxyl groups is 1. The third-order valence-corrected chi connectivity index (χ3v) is 3.67. The smallest absolute Gasteiger partial charge is 0.195 e. The number of aromatic nitrogens is 1. The van der Waals surface area contributed by atoms with E-state index in [1.54, 1.807) is 13.2 Å². The number of rotatable bonds is 5. The molecule has 0 saturated carbocycles. The van der Waals surface area contributed by atoms with Crippen LogP contribution < -0.4 is 0 Å². The first-order valence-corrected chi connectivity index (χ1v) is 7.04. The van der Waals surface area contributed by atoms with E-state index in [1.807, 2.05) is 0 Å². The molecule has 1 N–H and O–H groups in total. The zero-order valence-electron chi connectivity index (χ0n) is 11.4. The lowest BCUT2D eigenvalue weighted by Gasteiger charge is -2.34. The molecule has 0 aliphatic carbocycles. The highest BCUT2D eigenvalue weighted by Crippen LogP contribution is 2.20. The molecule has 4 nitrogen and oxygen atoms in total. The van der Waals surface area contributed by atoms with Crippen LogP contribution in [0.4, 0.5) is 0 Å². The minimum Gasteiger partial charge on any atom is -0.449 e. The number of oxazole rings is 1. The fraction of sp³-hybridized carbons (Fsp3) is 0.786. The van der Waals surface area contributed by atoms with Crippen molar-refractivity contribution in [1.82, 2.24) is 9.88 Å². The Labute approximate surface area is 109 Å². The first-order valence-electron chi connectivity index (χ1n) is 7.04. The Morgan fingerprint density at radius 3 is 3.11 bits per heavy atom. The van der Waals surface area contributed by atoms with E-state index >= 15 is 0 Å². The molecule has 2 unspecified atom stereocenters. The van der Waals surface area contributed by atoms with Crippen molar-refractivity contribution in [3.05, 3.63) is 17.8 Å². The SMILES string of the molecule is CCN1CCCCC1Cc1nc(CC(C)O)co1. The molecule has 4 heteroatoms. The molecular weight excluding hydrogens is 228 g/mol. The van der Waals surface area contributed by atoms with Crippen LogP contribution in [0.25, 0.3) is 0 Å². The summed E-state index contributed by atoms with van der Waals surface area (Å²) in [6.07, 6.45) is 6.65. The highest BCUT2D eigenvalue weighted by molar-refractivity contribution is 4.99. The van der Waals surface area contributed by atoms with Crippen LogP contribution in [0.15, 0.2) is 10.7 Å². The van der Waals surface area contributed by atoms with Gasteiger partial charge in [-0.25, -0.2) is 4.98 Å². The topological polar surface area (TPSA) is 49.5 Å². The molecule has 2 atom stereocenters. The Bertz CT molecular complexity index is 362. The van der Waals surface area contributed by atoms with Crippen LogP contribution in [0.3, 0.4) is 0 Å². The predicted octanol–water partition coefficient (Wildman–Crippen LogP) is 2.01. The van der Waals surface area contributed by atoms with Crippen molar-refractivity contribution >= 4 is 0 Å². The number of nitrogens with zero attached hydrogens (tertiary/aromatic N) is 2. The predicted molar refractivity (Wildman–Crippen MR) is 70.5 cm³/mol. The van der Waals surface area contributed by atoms with Crippen molar-refractivity contribution in [2.75, 3.05) is 13.1 Å². The van der Waals surface area contributed by atoms with Crippen molar-refractivity contribution in [2.45, 2.75) is 58.1 Å². The van der Waals surface area contributed by atoms with Gasteiger partial charge in [0.2, 0.25) is 0 Å². The van der Waals surface area contributed by atoms with Gasteiger partial charge in [0.15, 0.2) is 5.89 Å². The molecule has 2 rings (SSSR count). The molecule has 1 aromatic heterocycles. The van der Waals surface area contributed by atoms with Crippen LogP contribution >= 0.6 is 0 Å². The van der Waals surface area contributed by atoms with Gasteiger partial charge in [0, 0.05) is 18.9 Å². The average molecular weight is 252 g/mol. The quantitative estimate of drug-likeness (QED) is 0.871. The van der Waals surface area contributed by atoms with Crippen molar-refractivity contribution in [2.24, 2.45) is 0 Å².